The molecule has 0 bridgehead atoms. The molecule has 1 aromatic carbocycles. The highest BCUT2D eigenvalue weighted by Gasteiger charge is 2.35. The maximum Gasteiger partial charge on any atom is 0.267 e. The Balaban J connectivity index is 0.00000176. The fraction of sp³-hybridized carbons (Fsp3) is 0.312. The molecule has 2 atom stereocenters. The summed E-state index contributed by atoms with van der Waals surface area (Å²) >= 11 is 1.41. The van der Waals surface area contributed by atoms with Gasteiger partial charge in [-0.1, -0.05) is 30.3 Å². The van der Waals surface area contributed by atoms with E-state index in [1.54, 1.807) is 7.11 Å². The molecule has 1 amide bonds. The van der Waals surface area contributed by atoms with E-state index in [-0.39, 0.29) is 30.3 Å². The van der Waals surface area contributed by atoms with Crippen LogP contribution in [0.3, 0.4) is 0 Å². The highest BCUT2D eigenvalue weighted by atomic mass is 35.5. The first kappa shape index (κ1) is 16.8. The number of amides is 1. The summed E-state index contributed by atoms with van der Waals surface area (Å²) in [6.07, 6.45) is 0. The first-order valence-corrected chi connectivity index (χ1v) is 7.80. The smallest absolute Gasteiger partial charge is 0.267 e. The number of carbonyl (C=O) groups excluding carboxylic acids is 1. The van der Waals surface area contributed by atoms with Crippen LogP contribution < -0.4 is 10.5 Å². The summed E-state index contributed by atoms with van der Waals surface area (Å²) in [6, 6.07) is 12.0. The van der Waals surface area contributed by atoms with Gasteiger partial charge in [0, 0.05) is 25.0 Å². The Morgan fingerprint density at radius 1 is 1.27 bits per heavy atom. The van der Waals surface area contributed by atoms with Crippen LogP contribution in [0.1, 0.15) is 21.2 Å². The number of halogens is 1. The van der Waals surface area contributed by atoms with Gasteiger partial charge < -0.3 is 15.4 Å². The summed E-state index contributed by atoms with van der Waals surface area (Å²) in [5.41, 5.74) is 7.43. The monoisotopic (exact) mass is 338 g/mol. The highest BCUT2D eigenvalue weighted by molar-refractivity contribution is 7.12. The largest absolute Gasteiger partial charge is 0.495 e. The zero-order chi connectivity index (χ0) is 14.8. The van der Waals surface area contributed by atoms with Crippen LogP contribution in [0.5, 0.6) is 5.75 Å². The van der Waals surface area contributed by atoms with Crippen molar-refractivity contribution in [1.82, 2.24) is 4.90 Å². The van der Waals surface area contributed by atoms with E-state index < -0.39 is 0 Å². The van der Waals surface area contributed by atoms with Gasteiger partial charge in [-0.3, -0.25) is 4.79 Å². The van der Waals surface area contributed by atoms with Gasteiger partial charge in [-0.25, -0.2) is 0 Å². The van der Waals surface area contributed by atoms with Crippen LogP contribution in [-0.4, -0.2) is 37.0 Å². The number of nitrogens with two attached hydrogens (primary N) is 1. The first-order chi connectivity index (χ1) is 10.2. The van der Waals surface area contributed by atoms with Crippen molar-refractivity contribution in [2.45, 2.75) is 12.0 Å². The van der Waals surface area contributed by atoms with Gasteiger partial charge >= 0.3 is 0 Å². The molecule has 0 aliphatic carbocycles. The minimum absolute atomic E-state index is 0. The Labute approximate surface area is 140 Å². The molecule has 1 aliphatic heterocycles. The Bertz CT molecular complexity index is 632. The fourth-order valence-electron chi connectivity index (χ4n) is 2.81. The molecule has 6 heteroatoms. The zero-order valence-electron chi connectivity index (χ0n) is 12.3. The van der Waals surface area contributed by atoms with Crippen LogP contribution in [0, 0.1) is 0 Å². The third-order valence-electron chi connectivity index (χ3n) is 3.92. The lowest BCUT2D eigenvalue weighted by molar-refractivity contribution is 0.0791. The van der Waals surface area contributed by atoms with Crippen LogP contribution in [0.4, 0.5) is 0 Å². The van der Waals surface area contributed by atoms with Crippen molar-refractivity contribution < 1.29 is 9.53 Å². The molecular formula is C16H19ClN2O2S. The Hall–Kier alpha value is -1.56. The molecular weight excluding hydrogens is 320 g/mol. The summed E-state index contributed by atoms with van der Waals surface area (Å²) in [4.78, 5) is 15.1. The average Bonchev–Trinajstić information content (AvgIpc) is 3.13. The van der Waals surface area contributed by atoms with E-state index in [1.165, 1.54) is 16.9 Å². The Morgan fingerprint density at radius 3 is 2.68 bits per heavy atom. The predicted octanol–water partition coefficient (Wildman–Crippen LogP) is 2.75. The van der Waals surface area contributed by atoms with E-state index in [4.69, 9.17) is 10.5 Å². The van der Waals surface area contributed by atoms with Crippen LogP contribution >= 0.6 is 23.7 Å². The third-order valence-corrected chi connectivity index (χ3v) is 4.81. The van der Waals surface area contributed by atoms with Crippen LogP contribution in [-0.2, 0) is 0 Å². The highest BCUT2D eigenvalue weighted by Crippen LogP contribution is 2.31. The van der Waals surface area contributed by atoms with E-state index in [0.717, 1.165) is 0 Å². The number of benzene rings is 1. The molecule has 4 nitrogen and oxygen atoms in total. The summed E-state index contributed by atoms with van der Waals surface area (Å²) in [7, 11) is 1.58. The molecule has 0 unspecified atom stereocenters. The van der Waals surface area contributed by atoms with Gasteiger partial charge in [0.15, 0.2) is 0 Å². The molecule has 1 fully saturated rings. The van der Waals surface area contributed by atoms with Crippen LogP contribution in [0.15, 0.2) is 41.8 Å². The summed E-state index contributed by atoms with van der Waals surface area (Å²) in [6.45, 7) is 1.24. The molecule has 2 aromatic rings. The second-order valence-corrected chi connectivity index (χ2v) is 6.13. The first-order valence-electron chi connectivity index (χ1n) is 6.92. The van der Waals surface area contributed by atoms with Gasteiger partial charge in [-0.2, -0.15) is 0 Å². The molecule has 1 aliphatic rings. The van der Waals surface area contributed by atoms with Gasteiger partial charge in [0.25, 0.3) is 5.91 Å². The molecule has 2 heterocycles. The second kappa shape index (κ2) is 7.13. The second-order valence-electron chi connectivity index (χ2n) is 5.21. The molecule has 1 aromatic heterocycles. The quantitative estimate of drug-likeness (QED) is 0.936. The van der Waals surface area contributed by atoms with Crippen molar-refractivity contribution in [3.8, 4) is 5.75 Å². The molecule has 118 valence electrons. The van der Waals surface area contributed by atoms with Crippen molar-refractivity contribution in [1.29, 1.82) is 0 Å². The maximum absolute atomic E-state index is 12.6. The average molecular weight is 339 g/mol. The number of rotatable bonds is 3. The standard InChI is InChI=1S/C16H18N2O2S.ClH/c1-20-14-7-8-21-15(14)16(19)18-9-12(13(17)10-18)11-5-3-2-4-6-11;/h2-8,12-13H,9-10,17H2,1H3;1H/t12-,13+;/m0./s1. The number of likely N-dealkylation sites (tertiary alicyclic amines) is 1. The van der Waals surface area contributed by atoms with E-state index >= 15 is 0 Å². The lowest BCUT2D eigenvalue weighted by atomic mass is 9.95. The number of hydrogen-bond acceptors (Lipinski definition) is 4. The maximum atomic E-state index is 12.6. The van der Waals surface area contributed by atoms with Gasteiger partial charge in [0.05, 0.1) is 7.11 Å². The van der Waals surface area contributed by atoms with Crippen molar-refractivity contribution in [3.63, 3.8) is 0 Å². The van der Waals surface area contributed by atoms with Crippen molar-refractivity contribution in [3.05, 3.63) is 52.2 Å². The van der Waals surface area contributed by atoms with E-state index in [0.29, 0.717) is 23.7 Å². The number of nitrogens with zero attached hydrogens (tertiary/aromatic N) is 1. The van der Waals surface area contributed by atoms with Gasteiger partial charge in [-0.05, 0) is 17.0 Å². The molecule has 0 radical (unpaired) electrons. The minimum atomic E-state index is -0.0256. The normalized spacial score (nSPS) is 20.5. The SMILES string of the molecule is COc1ccsc1C(=O)N1C[C@@H](N)[C@H](c2ccccc2)C1.Cl. The lowest BCUT2D eigenvalue weighted by Gasteiger charge is -2.16. The van der Waals surface area contributed by atoms with E-state index in [9.17, 15) is 4.79 Å². The van der Waals surface area contributed by atoms with Crippen molar-refractivity contribution in [2.75, 3.05) is 20.2 Å². The molecule has 3 rings (SSSR count). The third kappa shape index (κ3) is 3.11. The fourth-order valence-corrected chi connectivity index (χ4v) is 3.63. The number of thiophene rings is 1. The summed E-state index contributed by atoms with van der Waals surface area (Å²) in [5, 5.41) is 1.87. The topological polar surface area (TPSA) is 55.6 Å². The molecule has 2 N–H and O–H groups in total. The number of hydrogen-bond donors (Lipinski definition) is 1. The lowest BCUT2D eigenvalue weighted by Crippen LogP contribution is -2.31. The zero-order valence-corrected chi connectivity index (χ0v) is 13.9. The van der Waals surface area contributed by atoms with Crippen LogP contribution in [0.25, 0.3) is 0 Å². The number of carbonyl (C=O) groups is 1. The summed E-state index contributed by atoms with van der Waals surface area (Å²) in [5.74, 6) is 0.846. The molecule has 0 spiro atoms. The number of ether oxygens (including phenoxy) is 1. The number of methoxy groups -OCH3 is 1. The van der Waals surface area contributed by atoms with Crippen LogP contribution in [0.2, 0.25) is 0 Å². The molecule has 1 saturated heterocycles. The summed E-state index contributed by atoms with van der Waals surface area (Å²) < 4.78 is 5.24. The predicted molar refractivity (Wildman–Crippen MR) is 91.2 cm³/mol. The molecule has 22 heavy (non-hydrogen) atoms. The Morgan fingerprint density at radius 2 is 2.00 bits per heavy atom. The van der Waals surface area contributed by atoms with Crippen molar-refractivity contribution >= 4 is 29.7 Å². The Kier molecular flexibility index (Phi) is 5.45. The van der Waals surface area contributed by atoms with Gasteiger partial charge in [0.2, 0.25) is 0 Å². The minimum Gasteiger partial charge on any atom is -0.495 e. The van der Waals surface area contributed by atoms with Crippen molar-refractivity contribution in [2.24, 2.45) is 5.73 Å². The van der Waals surface area contributed by atoms with E-state index in [2.05, 4.69) is 12.1 Å². The van der Waals surface area contributed by atoms with Gasteiger partial charge in [0.1, 0.15) is 10.6 Å². The van der Waals surface area contributed by atoms with E-state index in [1.807, 2.05) is 34.5 Å². The molecule has 0 saturated carbocycles. The van der Waals surface area contributed by atoms with Gasteiger partial charge in [-0.15, -0.1) is 23.7 Å².